The number of hydrogen-bond acceptors (Lipinski definition) is 6. The van der Waals surface area contributed by atoms with E-state index in [4.69, 9.17) is 9.47 Å². The van der Waals surface area contributed by atoms with Gasteiger partial charge in [-0.15, -0.1) is 0 Å². The maximum atomic E-state index is 11.0. The standard InChI is InChI=1S/C12H15N3O5/c1-13-5-8-2-3-10(15(17)18)11(4-8)19-7-9-6-14-12(16)20-9/h2-4,9,13H,5-7H2,1H3,(H,14,16). The molecule has 0 aromatic heterocycles. The molecule has 1 aliphatic rings. The number of rotatable bonds is 6. The van der Waals surface area contributed by atoms with Crippen LogP contribution >= 0.6 is 0 Å². The fraction of sp³-hybridized carbons (Fsp3) is 0.417. The molecule has 1 atom stereocenters. The van der Waals surface area contributed by atoms with Crippen molar-refractivity contribution >= 4 is 11.8 Å². The van der Waals surface area contributed by atoms with Crippen molar-refractivity contribution in [1.82, 2.24) is 10.6 Å². The highest BCUT2D eigenvalue weighted by Crippen LogP contribution is 2.28. The topological polar surface area (TPSA) is 103 Å². The number of nitro benzene ring substituents is 1. The predicted octanol–water partition coefficient (Wildman–Crippen LogP) is 0.801. The minimum atomic E-state index is -0.503. The largest absolute Gasteiger partial charge is 0.483 e. The summed E-state index contributed by atoms with van der Waals surface area (Å²) in [5.74, 6) is 0.172. The van der Waals surface area contributed by atoms with Crippen molar-refractivity contribution < 1.29 is 19.2 Å². The van der Waals surface area contributed by atoms with E-state index in [1.807, 2.05) is 0 Å². The maximum absolute atomic E-state index is 11.0. The highest BCUT2D eigenvalue weighted by molar-refractivity contribution is 5.69. The number of nitrogens with zero attached hydrogens (tertiary/aromatic N) is 1. The first kappa shape index (κ1) is 14.1. The number of alkyl carbamates (subject to hydrolysis) is 1. The summed E-state index contributed by atoms with van der Waals surface area (Å²) in [7, 11) is 1.78. The molecule has 1 heterocycles. The molecule has 0 aliphatic carbocycles. The summed E-state index contributed by atoms with van der Waals surface area (Å²) in [6.45, 7) is 0.986. The van der Waals surface area contributed by atoms with Gasteiger partial charge >= 0.3 is 11.8 Å². The van der Waals surface area contributed by atoms with Crippen molar-refractivity contribution in [3.8, 4) is 5.75 Å². The monoisotopic (exact) mass is 281 g/mol. The van der Waals surface area contributed by atoms with Gasteiger partial charge in [-0.1, -0.05) is 6.07 Å². The van der Waals surface area contributed by atoms with E-state index in [-0.39, 0.29) is 18.0 Å². The van der Waals surface area contributed by atoms with Gasteiger partial charge in [-0.3, -0.25) is 10.1 Å². The Bertz CT molecular complexity index is 520. The van der Waals surface area contributed by atoms with Crippen LogP contribution in [-0.4, -0.2) is 37.3 Å². The SMILES string of the molecule is CNCc1ccc([N+](=O)[O-])c(OCC2CNC(=O)O2)c1. The quantitative estimate of drug-likeness (QED) is 0.590. The Morgan fingerprint density at radius 2 is 2.40 bits per heavy atom. The van der Waals surface area contributed by atoms with Gasteiger partial charge in [-0.25, -0.2) is 4.79 Å². The molecule has 8 nitrogen and oxygen atoms in total. The van der Waals surface area contributed by atoms with Gasteiger partial charge in [-0.2, -0.15) is 0 Å². The lowest BCUT2D eigenvalue weighted by molar-refractivity contribution is -0.385. The Balaban J connectivity index is 2.08. The van der Waals surface area contributed by atoms with Gasteiger partial charge < -0.3 is 20.1 Å². The number of cyclic esters (lactones) is 1. The molecule has 2 rings (SSSR count). The van der Waals surface area contributed by atoms with E-state index in [0.29, 0.717) is 13.1 Å². The Labute approximate surface area is 115 Å². The molecule has 20 heavy (non-hydrogen) atoms. The molecule has 108 valence electrons. The molecule has 2 N–H and O–H groups in total. The zero-order valence-corrected chi connectivity index (χ0v) is 10.9. The van der Waals surface area contributed by atoms with Crippen LogP contribution in [0.4, 0.5) is 10.5 Å². The fourth-order valence-corrected chi connectivity index (χ4v) is 1.85. The number of ether oxygens (including phenoxy) is 2. The van der Waals surface area contributed by atoms with Gasteiger partial charge in [0.25, 0.3) is 0 Å². The highest BCUT2D eigenvalue weighted by atomic mass is 16.6. The van der Waals surface area contributed by atoms with Crippen LogP contribution in [0.5, 0.6) is 5.75 Å². The Morgan fingerprint density at radius 1 is 1.60 bits per heavy atom. The molecule has 1 aliphatic heterocycles. The summed E-state index contributed by atoms with van der Waals surface area (Å²) in [5, 5.41) is 16.4. The van der Waals surface area contributed by atoms with Crippen LogP contribution in [0.3, 0.4) is 0 Å². The van der Waals surface area contributed by atoms with E-state index in [9.17, 15) is 14.9 Å². The first-order valence-corrected chi connectivity index (χ1v) is 6.09. The van der Waals surface area contributed by atoms with Crippen LogP contribution in [0.25, 0.3) is 0 Å². The van der Waals surface area contributed by atoms with Crippen LogP contribution in [0, 0.1) is 10.1 Å². The van der Waals surface area contributed by atoms with Crippen molar-refractivity contribution in [2.75, 3.05) is 20.2 Å². The Hall–Kier alpha value is -2.35. The zero-order chi connectivity index (χ0) is 14.5. The van der Waals surface area contributed by atoms with Gasteiger partial charge in [-0.05, 0) is 18.7 Å². The lowest BCUT2D eigenvalue weighted by Crippen LogP contribution is -2.22. The molecule has 0 bridgehead atoms. The fourth-order valence-electron chi connectivity index (χ4n) is 1.85. The van der Waals surface area contributed by atoms with Crippen LogP contribution in [-0.2, 0) is 11.3 Å². The molecule has 0 radical (unpaired) electrons. The van der Waals surface area contributed by atoms with Crippen LogP contribution in [0.15, 0.2) is 18.2 Å². The third-order valence-corrected chi connectivity index (χ3v) is 2.77. The van der Waals surface area contributed by atoms with Crippen LogP contribution in [0.1, 0.15) is 5.56 Å². The molecular weight excluding hydrogens is 266 g/mol. The number of benzene rings is 1. The zero-order valence-electron chi connectivity index (χ0n) is 10.9. The predicted molar refractivity (Wildman–Crippen MR) is 69.6 cm³/mol. The average molecular weight is 281 g/mol. The molecule has 8 heteroatoms. The second kappa shape index (κ2) is 6.20. The second-order valence-electron chi connectivity index (χ2n) is 4.31. The van der Waals surface area contributed by atoms with E-state index in [1.165, 1.54) is 6.07 Å². The van der Waals surface area contributed by atoms with Gasteiger partial charge in [0.2, 0.25) is 0 Å². The molecule has 0 saturated carbocycles. The smallest absolute Gasteiger partial charge is 0.407 e. The molecular formula is C12H15N3O5. The Morgan fingerprint density at radius 3 is 3.00 bits per heavy atom. The summed E-state index contributed by atoms with van der Waals surface area (Å²) in [6, 6.07) is 4.68. The van der Waals surface area contributed by atoms with Crippen LogP contribution < -0.4 is 15.4 Å². The lowest BCUT2D eigenvalue weighted by Gasteiger charge is -2.11. The molecule has 1 unspecified atom stereocenters. The first-order valence-electron chi connectivity index (χ1n) is 6.09. The minimum absolute atomic E-state index is 0.0720. The number of amides is 1. The van der Waals surface area contributed by atoms with E-state index >= 15 is 0 Å². The Kier molecular flexibility index (Phi) is 4.36. The maximum Gasteiger partial charge on any atom is 0.407 e. The number of nitro groups is 1. The second-order valence-corrected chi connectivity index (χ2v) is 4.31. The molecule has 0 spiro atoms. The summed E-state index contributed by atoms with van der Waals surface area (Å²) in [5.41, 5.74) is 0.761. The molecule has 1 amide bonds. The van der Waals surface area contributed by atoms with E-state index in [1.54, 1.807) is 19.2 Å². The normalized spacial score (nSPS) is 17.4. The van der Waals surface area contributed by atoms with Gasteiger partial charge in [0.15, 0.2) is 11.9 Å². The minimum Gasteiger partial charge on any atom is -0.483 e. The summed E-state index contributed by atoms with van der Waals surface area (Å²) in [6.07, 6.45) is -0.938. The third kappa shape index (κ3) is 3.35. The molecule has 1 aromatic carbocycles. The van der Waals surface area contributed by atoms with Crippen molar-refractivity contribution in [2.45, 2.75) is 12.6 Å². The summed E-state index contributed by atoms with van der Waals surface area (Å²) < 4.78 is 10.3. The summed E-state index contributed by atoms with van der Waals surface area (Å²) in [4.78, 5) is 21.3. The number of carbonyl (C=O) groups is 1. The van der Waals surface area contributed by atoms with Crippen LogP contribution in [0.2, 0.25) is 0 Å². The summed E-state index contributed by atoms with van der Waals surface area (Å²) >= 11 is 0. The first-order chi connectivity index (χ1) is 9.60. The number of nitrogens with one attached hydrogen (secondary N) is 2. The number of hydrogen-bond donors (Lipinski definition) is 2. The van der Waals surface area contributed by atoms with Crippen molar-refractivity contribution in [3.63, 3.8) is 0 Å². The molecule has 1 saturated heterocycles. The van der Waals surface area contributed by atoms with Gasteiger partial charge in [0.05, 0.1) is 11.5 Å². The van der Waals surface area contributed by atoms with Crippen molar-refractivity contribution in [1.29, 1.82) is 0 Å². The van der Waals surface area contributed by atoms with E-state index in [2.05, 4.69) is 10.6 Å². The van der Waals surface area contributed by atoms with Gasteiger partial charge in [0.1, 0.15) is 6.61 Å². The van der Waals surface area contributed by atoms with E-state index in [0.717, 1.165) is 5.56 Å². The van der Waals surface area contributed by atoms with E-state index < -0.39 is 17.1 Å². The average Bonchev–Trinajstić information content (AvgIpc) is 2.82. The molecule has 1 aromatic rings. The third-order valence-electron chi connectivity index (χ3n) is 2.77. The highest BCUT2D eigenvalue weighted by Gasteiger charge is 2.24. The van der Waals surface area contributed by atoms with Crippen molar-refractivity contribution in [2.24, 2.45) is 0 Å². The van der Waals surface area contributed by atoms with Crippen molar-refractivity contribution in [3.05, 3.63) is 33.9 Å². The molecule has 1 fully saturated rings. The lowest BCUT2D eigenvalue weighted by atomic mass is 10.2. The number of carbonyl (C=O) groups excluding carboxylic acids is 1. The van der Waals surface area contributed by atoms with Gasteiger partial charge in [0, 0.05) is 12.6 Å².